The second kappa shape index (κ2) is 5.72. The van der Waals surface area contributed by atoms with Gasteiger partial charge in [0, 0.05) is 30.7 Å². The number of carbonyl (C=O) groups excluding carboxylic acids is 1. The average Bonchev–Trinajstić information content (AvgIpc) is 2.98. The number of aryl methyl sites for hydroxylation is 1. The molecule has 0 saturated heterocycles. The molecule has 3 rings (SSSR count). The lowest BCUT2D eigenvalue weighted by atomic mass is 9.86. The predicted octanol–water partition coefficient (Wildman–Crippen LogP) is 5.00. The van der Waals surface area contributed by atoms with Gasteiger partial charge < -0.3 is 9.88 Å². The Morgan fingerprint density at radius 1 is 1.33 bits per heavy atom. The van der Waals surface area contributed by atoms with E-state index in [1.165, 1.54) is 22.5 Å². The summed E-state index contributed by atoms with van der Waals surface area (Å²) < 4.78 is 27.7. The number of hydrogen-bond acceptors (Lipinski definition) is 1. The maximum atomic E-state index is 13.1. The fourth-order valence-electron chi connectivity index (χ4n) is 3.93. The summed E-state index contributed by atoms with van der Waals surface area (Å²) in [6.07, 6.45) is 1.06. The summed E-state index contributed by atoms with van der Waals surface area (Å²) in [5.74, 6) is -0.173. The van der Waals surface area contributed by atoms with Gasteiger partial charge >= 0.3 is 0 Å². The molecule has 1 aliphatic rings. The van der Waals surface area contributed by atoms with Gasteiger partial charge in [0.25, 0.3) is 12.3 Å². The lowest BCUT2D eigenvalue weighted by Crippen LogP contribution is -2.15. The first-order valence-electron chi connectivity index (χ1n) is 8.09. The molecule has 0 saturated carbocycles. The molecular formula is C19H22F2N2O. The molecule has 128 valence electrons. The standard InChI is InChI=1S/C19H22F2N2O/c1-11-8-19(2,3)14-6-5-7-15(16(11)14)22-18(24)13-10-23(4)9-12(13)17(20)21/h5-7,9-11,17H,8H2,1-4H3,(H,22,24)/t11-/m1/s1. The second-order valence-corrected chi connectivity index (χ2v) is 7.30. The van der Waals surface area contributed by atoms with Gasteiger partial charge in [0.05, 0.1) is 5.56 Å². The highest BCUT2D eigenvalue weighted by atomic mass is 19.3. The molecule has 0 bridgehead atoms. The van der Waals surface area contributed by atoms with Gasteiger partial charge in [0.2, 0.25) is 0 Å². The van der Waals surface area contributed by atoms with E-state index in [1.807, 2.05) is 12.1 Å². The van der Waals surface area contributed by atoms with Gasteiger partial charge in [-0.1, -0.05) is 32.9 Å². The number of hydrogen-bond donors (Lipinski definition) is 1. The summed E-state index contributed by atoms with van der Waals surface area (Å²) in [7, 11) is 1.63. The molecule has 1 aromatic heterocycles. The van der Waals surface area contributed by atoms with E-state index in [0.717, 1.165) is 17.7 Å². The van der Waals surface area contributed by atoms with E-state index in [1.54, 1.807) is 7.05 Å². The van der Waals surface area contributed by atoms with Crippen molar-refractivity contribution in [2.75, 3.05) is 5.32 Å². The zero-order chi connectivity index (χ0) is 17.6. The van der Waals surface area contributed by atoms with Crippen LogP contribution in [0.5, 0.6) is 0 Å². The van der Waals surface area contributed by atoms with Gasteiger partial charge in [-0.2, -0.15) is 0 Å². The Hall–Kier alpha value is -2.17. The SMILES string of the molecule is C[C@@H]1CC(C)(C)c2cccc(NC(=O)c3cn(C)cc3C(F)F)c21. The van der Waals surface area contributed by atoms with Crippen molar-refractivity contribution in [1.82, 2.24) is 4.57 Å². The van der Waals surface area contributed by atoms with Crippen molar-refractivity contribution in [1.29, 1.82) is 0 Å². The molecule has 5 heteroatoms. The second-order valence-electron chi connectivity index (χ2n) is 7.30. The van der Waals surface area contributed by atoms with Crippen LogP contribution in [0.4, 0.5) is 14.5 Å². The first-order valence-corrected chi connectivity index (χ1v) is 8.09. The molecule has 1 aromatic carbocycles. The van der Waals surface area contributed by atoms with Gasteiger partial charge in [-0.15, -0.1) is 0 Å². The molecule has 1 N–H and O–H groups in total. The largest absolute Gasteiger partial charge is 0.356 e. The number of alkyl halides is 2. The minimum atomic E-state index is -2.67. The third kappa shape index (κ3) is 2.72. The van der Waals surface area contributed by atoms with Gasteiger partial charge in [0.1, 0.15) is 0 Å². The molecule has 24 heavy (non-hydrogen) atoms. The van der Waals surface area contributed by atoms with Crippen LogP contribution in [-0.2, 0) is 12.5 Å². The van der Waals surface area contributed by atoms with E-state index in [-0.39, 0.29) is 16.5 Å². The van der Waals surface area contributed by atoms with Crippen molar-refractivity contribution in [3.8, 4) is 0 Å². The van der Waals surface area contributed by atoms with Crippen LogP contribution in [-0.4, -0.2) is 10.5 Å². The Kier molecular flexibility index (Phi) is 3.98. The number of benzene rings is 1. The lowest BCUT2D eigenvalue weighted by Gasteiger charge is -2.19. The molecule has 0 aliphatic heterocycles. The minimum absolute atomic E-state index is 0.0232. The van der Waals surface area contributed by atoms with E-state index in [9.17, 15) is 13.6 Å². The van der Waals surface area contributed by atoms with Crippen LogP contribution in [0.1, 0.15) is 66.6 Å². The van der Waals surface area contributed by atoms with Crippen molar-refractivity contribution in [3.05, 3.63) is 52.8 Å². The maximum absolute atomic E-state index is 13.1. The highest BCUT2D eigenvalue weighted by Gasteiger charge is 2.36. The lowest BCUT2D eigenvalue weighted by molar-refractivity contribution is 0.101. The Labute approximate surface area is 140 Å². The highest BCUT2D eigenvalue weighted by Crippen LogP contribution is 2.48. The Morgan fingerprint density at radius 2 is 2.04 bits per heavy atom. The molecule has 1 atom stereocenters. The molecule has 1 heterocycles. The van der Waals surface area contributed by atoms with Crippen molar-refractivity contribution < 1.29 is 13.6 Å². The Morgan fingerprint density at radius 3 is 2.71 bits per heavy atom. The summed E-state index contributed by atoms with van der Waals surface area (Å²) >= 11 is 0. The van der Waals surface area contributed by atoms with Gasteiger partial charge in [-0.3, -0.25) is 4.79 Å². The summed E-state index contributed by atoms with van der Waals surface area (Å²) in [6.45, 7) is 6.51. The van der Waals surface area contributed by atoms with Crippen LogP contribution in [0.15, 0.2) is 30.6 Å². The number of carbonyl (C=O) groups is 1. The molecule has 1 amide bonds. The number of amides is 1. The molecule has 1 aliphatic carbocycles. The van der Waals surface area contributed by atoms with Crippen molar-refractivity contribution in [3.63, 3.8) is 0 Å². The van der Waals surface area contributed by atoms with Gasteiger partial charge in [0.15, 0.2) is 0 Å². The summed E-state index contributed by atoms with van der Waals surface area (Å²) in [4.78, 5) is 12.6. The van der Waals surface area contributed by atoms with E-state index in [4.69, 9.17) is 0 Å². The molecule has 3 nitrogen and oxygen atoms in total. The number of nitrogens with zero attached hydrogens (tertiary/aromatic N) is 1. The van der Waals surface area contributed by atoms with E-state index >= 15 is 0 Å². The van der Waals surface area contributed by atoms with Crippen LogP contribution in [0, 0.1) is 0 Å². The van der Waals surface area contributed by atoms with Crippen molar-refractivity contribution in [2.45, 2.75) is 45.0 Å². The predicted molar refractivity (Wildman–Crippen MR) is 90.8 cm³/mol. The summed E-state index contributed by atoms with van der Waals surface area (Å²) in [5, 5.41) is 2.85. The van der Waals surface area contributed by atoms with Crippen LogP contribution in [0.25, 0.3) is 0 Å². The quantitative estimate of drug-likeness (QED) is 0.843. The summed E-state index contributed by atoms with van der Waals surface area (Å²) in [5.41, 5.74) is 2.89. The molecule has 0 spiro atoms. The van der Waals surface area contributed by atoms with Crippen LogP contribution >= 0.6 is 0 Å². The monoisotopic (exact) mass is 332 g/mol. The van der Waals surface area contributed by atoms with Gasteiger partial charge in [-0.25, -0.2) is 8.78 Å². The number of aromatic nitrogens is 1. The normalized spacial score (nSPS) is 18.7. The van der Waals surface area contributed by atoms with Crippen LogP contribution in [0.3, 0.4) is 0 Å². The molecular weight excluding hydrogens is 310 g/mol. The van der Waals surface area contributed by atoms with Crippen molar-refractivity contribution in [2.24, 2.45) is 7.05 Å². The molecule has 0 fully saturated rings. The first kappa shape index (κ1) is 16.7. The average molecular weight is 332 g/mol. The van der Waals surface area contributed by atoms with E-state index < -0.39 is 12.3 Å². The van der Waals surface area contributed by atoms with Crippen LogP contribution in [0.2, 0.25) is 0 Å². The number of halogens is 2. The number of rotatable bonds is 3. The van der Waals surface area contributed by atoms with E-state index in [0.29, 0.717) is 5.92 Å². The number of fused-ring (bicyclic) bond motifs is 1. The van der Waals surface area contributed by atoms with E-state index in [2.05, 4.69) is 32.2 Å². The molecule has 0 radical (unpaired) electrons. The Balaban J connectivity index is 1.96. The first-order chi connectivity index (χ1) is 11.2. The van der Waals surface area contributed by atoms with Crippen molar-refractivity contribution >= 4 is 11.6 Å². The smallest absolute Gasteiger partial charge is 0.266 e. The summed E-state index contributed by atoms with van der Waals surface area (Å²) in [6, 6.07) is 5.84. The number of anilines is 1. The molecule has 2 aromatic rings. The molecule has 0 unspecified atom stereocenters. The third-order valence-corrected chi connectivity index (χ3v) is 4.86. The minimum Gasteiger partial charge on any atom is -0.356 e. The maximum Gasteiger partial charge on any atom is 0.266 e. The zero-order valence-corrected chi connectivity index (χ0v) is 14.4. The third-order valence-electron chi connectivity index (χ3n) is 4.86. The number of nitrogens with one attached hydrogen (secondary N) is 1. The zero-order valence-electron chi connectivity index (χ0n) is 14.4. The van der Waals surface area contributed by atoms with Gasteiger partial charge in [-0.05, 0) is 34.9 Å². The topological polar surface area (TPSA) is 34.0 Å². The highest BCUT2D eigenvalue weighted by molar-refractivity contribution is 6.06. The fourth-order valence-corrected chi connectivity index (χ4v) is 3.93. The van der Waals surface area contributed by atoms with Crippen LogP contribution < -0.4 is 5.32 Å². The Bertz CT molecular complexity index is 793. The fraction of sp³-hybridized carbons (Fsp3) is 0.421.